The summed E-state index contributed by atoms with van der Waals surface area (Å²) in [6, 6.07) is 3.88. The molecule has 2 aromatic rings. The van der Waals surface area contributed by atoms with Crippen LogP contribution in [0.1, 0.15) is 43.3 Å². The highest BCUT2D eigenvalue weighted by Crippen LogP contribution is 2.12. The molecular weight excluding hydrogens is 455 g/mol. The SMILES string of the molecule is CCNC(=NCc1ccc(OC(C)C)nc1)NCc1c(C)nn(C)c1C.I. The Hall–Kier alpha value is -1.84. The summed E-state index contributed by atoms with van der Waals surface area (Å²) in [6.07, 6.45) is 1.93. The van der Waals surface area contributed by atoms with E-state index in [0.717, 1.165) is 29.5 Å². The number of rotatable bonds is 7. The summed E-state index contributed by atoms with van der Waals surface area (Å²) in [4.78, 5) is 8.96. The van der Waals surface area contributed by atoms with Gasteiger partial charge in [0, 0.05) is 43.7 Å². The molecule has 0 aromatic carbocycles. The fourth-order valence-corrected chi connectivity index (χ4v) is 2.57. The van der Waals surface area contributed by atoms with Crippen molar-refractivity contribution in [3.8, 4) is 5.88 Å². The molecule has 0 aliphatic carbocycles. The van der Waals surface area contributed by atoms with Crippen LogP contribution in [0.4, 0.5) is 0 Å². The molecule has 0 amide bonds. The topological polar surface area (TPSA) is 76.4 Å². The lowest BCUT2D eigenvalue weighted by atomic mass is 10.2. The van der Waals surface area contributed by atoms with Gasteiger partial charge in [-0.3, -0.25) is 4.68 Å². The van der Waals surface area contributed by atoms with Gasteiger partial charge in [-0.2, -0.15) is 5.10 Å². The van der Waals surface area contributed by atoms with Crippen molar-refractivity contribution in [1.29, 1.82) is 0 Å². The van der Waals surface area contributed by atoms with Gasteiger partial charge in [0.2, 0.25) is 5.88 Å². The minimum Gasteiger partial charge on any atom is -0.475 e. The fourth-order valence-electron chi connectivity index (χ4n) is 2.57. The molecule has 0 atom stereocenters. The van der Waals surface area contributed by atoms with Crippen LogP contribution < -0.4 is 15.4 Å². The number of aromatic nitrogens is 3. The van der Waals surface area contributed by atoms with Crippen LogP contribution in [0.25, 0.3) is 0 Å². The molecule has 0 aliphatic heterocycles. The van der Waals surface area contributed by atoms with Crippen molar-refractivity contribution in [2.45, 2.75) is 53.8 Å². The largest absolute Gasteiger partial charge is 0.475 e. The first-order valence-corrected chi connectivity index (χ1v) is 9.03. The third kappa shape index (κ3) is 7.00. The molecule has 0 spiro atoms. The standard InChI is InChI=1S/C19H30N6O.HI/c1-7-20-19(23-12-17-14(4)24-25(6)15(17)5)22-11-16-8-9-18(21-10-16)26-13(2)3;/h8-10,13H,7,11-12H2,1-6H3,(H2,20,22,23);1H. The molecule has 8 heteroatoms. The molecule has 0 bridgehead atoms. The number of hydrogen-bond donors (Lipinski definition) is 2. The van der Waals surface area contributed by atoms with Gasteiger partial charge in [0.1, 0.15) is 0 Å². The van der Waals surface area contributed by atoms with Crippen molar-refractivity contribution in [2.24, 2.45) is 12.0 Å². The summed E-state index contributed by atoms with van der Waals surface area (Å²) in [5.41, 5.74) is 4.44. The van der Waals surface area contributed by atoms with Crippen LogP contribution in [0.15, 0.2) is 23.3 Å². The predicted octanol–water partition coefficient (Wildman–Crippen LogP) is 3.09. The van der Waals surface area contributed by atoms with Gasteiger partial charge >= 0.3 is 0 Å². The highest BCUT2D eigenvalue weighted by Gasteiger charge is 2.09. The Morgan fingerprint density at radius 3 is 2.52 bits per heavy atom. The third-order valence-electron chi connectivity index (χ3n) is 4.01. The van der Waals surface area contributed by atoms with Gasteiger partial charge in [-0.1, -0.05) is 6.07 Å². The van der Waals surface area contributed by atoms with Crippen LogP contribution in [0.5, 0.6) is 5.88 Å². The maximum Gasteiger partial charge on any atom is 0.213 e. The molecule has 27 heavy (non-hydrogen) atoms. The highest BCUT2D eigenvalue weighted by atomic mass is 127. The molecular formula is C19H31IN6O. The van der Waals surface area contributed by atoms with Crippen LogP contribution in [0.2, 0.25) is 0 Å². The normalized spacial score (nSPS) is 11.3. The van der Waals surface area contributed by atoms with Gasteiger partial charge < -0.3 is 15.4 Å². The van der Waals surface area contributed by atoms with Gasteiger partial charge in [-0.15, -0.1) is 24.0 Å². The lowest BCUT2D eigenvalue weighted by Gasteiger charge is -2.12. The summed E-state index contributed by atoms with van der Waals surface area (Å²) in [7, 11) is 1.96. The minimum atomic E-state index is 0. The maximum absolute atomic E-state index is 5.57. The van der Waals surface area contributed by atoms with Crippen LogP contribution in [0, 0.1) is 13.8 Å². The molecule has 0 radical (unpaired) electrons. The maximum atomic E-state index is 5.57. The summed E-state index contributed by atoms with van der Waals surface area (Å²) in [5.74, 6) is 1.41. The van der Waals surface area contributed by atoms with Crippen LogP contribution >= 0.6 is 24.0 Å². The van der Waals surface area contributed by atoms with Crippen molar-refractivity contribution < 1.29 is 4.74 Å². The Balaban J connectivity index is 0.00000364. The van der Waals surface area contributed by atoms with Crippen LogP contribution in [-0.2, 0) is 20.1 Å². The number of halogens is 1. The lowest BCUT2D eigenvalue weighted by Crippen LogP contribution is -2.37. The molecule has 0 saturated heterocycles. The quantitative estimate of drug-likeness (QED) is 0.358. The van der Waals surface area contributed by atoms with Crippen molar-refractivity contribution in [2.75, 3.05) is 6.54 Å². The molecule has 0 aliphatic rings. The van der Waals surface area contributed by atoms with E-state index in [2.05, 4.69) is 39.6 Å². The van der Waals surface area contributed by atoms with E-state index in [4.69, 9.17) is 4.74 Å². The van der Waals surface area contributed by atoms with Gasteiger partial charge in [0.25, 0.3) is 0 Å². The predicted molar refractivity (Wildman–Crippen MR) is 120 cm³/mol. The molecule has 0 fully saturated rings. The van der Waals surface area contributed by atoms with E-state index in [-0.39, 0.29) is 30.1 Å². The summed E-state index contributed by atoms with van der Waals surface area (Å²) >= 11 is 0. The van der Waals surface area contributed by atoms with E-state index in [1.807, 2.05) is 44.6 Å². The Bertz CT molecular complexity index is 739. The van der Waals surface area contributed by atoms with E-state index in [9.17, 15) is 0 Å². The van der Waals surface area contributed by atoms with Gasteiger partial charge in [-0.25, -0.2) is 9.98 Å². The number of guanidine groups is 1. The van der Waals surface area contributed by atoms with E-state index >= 15 is 0 Å². The number of aliphatic imine (C=N–C) groups is 1. The Morgan fingerprint density at radius 2 is 2.00 bits per heavy atom. The van der Waals surface area contributed by atoms with Crippen molar-refractivity contribution in [3.63, 3.8) is 0 Å². The highest BCUT2D eigenvalue weighted by molar-refractivity contribution is 14.0. The van der Waals surface area contributed by atoms with Crippen molar-refractivity contribution in [3.05, 3.63) is 40.8 Å². The van der Waals surface area contributed by atoms with Gasteiger partial charge in [0.15, 0.2) is 5.96 Å². The van der Waals surface area contributed by atoms with E-state index in [1.165, 1.54) is 5.56 Å². The summed E-state index contributed by atoms with van der Waals surface area (Å²) < 4.78 is 7.47. The minimum absolute atomic E-state index is 0. The first-order valence-electron chi connectivity index (χ1n) is 9.03. The summed E-state index contributed by atoms with van der Waals surface area (Å²) in [6.45, 7) is 12.2. The summed E-state index contributed by atoms with van der Waals surface area (Å²) in [5, 5.41) is 11.1. The zero-order valence-electron chi connectivity index (χ0n) is 17.0. The molecule has 0 saturated carbocycles. The number of nitrogens with one attached hydrogen (secondary N) is 2. The molecule has 2 aromatic heterocycles. The monoisotopic (exact) mass is 486 g/mol. The van der Waals surface area contributed by atoms with Crippen molar-refractivity contribution in [1.82, 2.24) is 25.4 Å². The molecule has 7 nitrogen and oxygen atoms in total. The number of hydrogen-bond acceptors (Lipinski definition) is 4. The number of pyridine rings is 1. The molecule has 2 N–H and O–H groups in total. The van der Waals surface area contributed by atoms with Crippen molar-refractivity contribution >= 4 is 29.9 Å². The first kappa shape index (κ1) is 23.2. The van der Waals surface area contributed by atoms with Gasteiger partial charge in [0.05, 0.1) is 18.3 Å². The molecule has 2 heterocycles. The second-order valence-corrected chi connectivity index (χ2v) is 6.49. The zero-order valence-corrected chi connectivity index (χ0v) is 19.4. The van der Waals surface area contributed by atoms with E-state index < -0.39 is 0 Å². The number of ether oxygens (including phenoxy) is 1. The third-order valence-corrected chi connectivity index (χ3v) is 4.01. The average molecular weight is 486 g/mol. The van der Waals surface area contributed by atoms with E-state index in [0.29, 0.717) is 19.0 Å². The second-order valence-electron chi connectivity index (χ2n) is 6.49. The zero-order chi connectivity index (χ0) is 19.1. The fraction of sp³-hybridized carbons (Fsp3) is 0.526. The Morgan fingerprint density at radius 1 is 1.26 bits per heavy atom. The van der Waals surface area contributed by atoms with Crippen LogP contribution in [-0.4, -0.2) is 33.4 Å². The Labute approximate surface area is 179 Å². The Kier molecular flexibility index (Phi) is 9.54. The molecule has 0 unspecified atom stereocenters. The lowest BCUT2D eigenvalue weighted by molar-refractivity contribution is 0.232. The molecule has 150 valence electrons. The smallest absolute Gasteiger partial charge is 0.213 e. The second kappa shape index (κ2) is 11.1. The van der Waals surface area contributed by atoms with Crippen LogP contribution in [0.3, 0.4) is 0 Å². The van der Waals surface area contributed by atoms with E-state index in [1.54, 1.807) is 6.20 Å². The number of nitrogens with zero attached hydrogens (tertiary/aromatic N) is 4. The number of aryl methyl sites for hydroxylation is 2. The average Bonchev–Trinajstić information content (AvgIpc) is 2.83. The first-order chi connectivity index (χ1) is 12.4. The van der Waals surface area contributed by atoms with Gasteiger partial charge in [-0.05, 0) is 40.2 Å². The molecule has 2 rings (SSSR count).